The molecular weight excluding hydrogens is 200 g/mol. The number of hydrogen-bond donors (Lipinski definition) is 0. The van der Waals surface area contributed by atoms with Gasteiger partial charge in [0.25, 0.3) is 0 Å². The van der Waals surface area contributed by atoms with Crippen LogP contribution < -0.4 is 0 Å². The Hall–Kier alpha value is 0.360. The summed E-state index contributed by atoms with van der Waals surface area (Å²) in [6.07, 6.45) is 4.16. The Bertz CT molecular complexity index is 154. The van der Waals surface area contributed by atoms with Crippen LogP contribution in [-0.4, -0.2) is 22.8 Å². The van der Waals surface area contributed by atoms with Gasteiger partial charge in [0.05, 0.1) is 6.61 Å². The second-order valence-corrected chi connectivity index (χ2v) is 3.96. The first-order valence-corrected chi connectivity index (χ1v) is 5.64. The van der Waals surface area contributed by atoms with Crippen LogP contribution in [0.15, 0.2) is 0 Å². The molecule has 0 radical (unpaired) electrons. The molecule has 1 rings (SSSR count). The van der Waals surface area contributed by atoms with Gasteiger partial charge in [-0.2, -0.15) is 4.21 Å². The molecule has 0 N–H and O–H groups in total. The van der Waals surface area contributed by atoms with Gasteiger partial charge in [-0.1, -0.05) is 12.8 Å². The number of unbranched alkanes of at least 4 members (excludes halogenated alkanes) is 2. The van der Waals surface area contributed by atoms with Crippen LogP contribution in [-0.2, 0) is 19.7 Å². The molecule has 1 aliphatic heterocycles. The molecule has 0 aliphatic carbocycles. The smallest absolute Gasteiger partial charge is 0.266 e. The fraction of sp³-hybridized carbons (Fsp3) is 1.00. The first kappa shape index (κ1) is 10.4. The quantitative estimate of drug-likeness (QED) is 0.515. The lowest BCUT2D eigenvalue weighted by molar-refractivity contribution is 0.222. The lowest BCUT2D eigenvalue weighted by Gasteiger charge is -2.03. The van der Waals surface area contributed by atoms with Crippen LogP contribution in [0.1, 0.15) is 25.7 Å². The summed E-state index contributed by atoms with van der Waals surface area (Å²) in [5.74, 6) is 0.716. The summed E-state index contributed by atoms with van der Waals surface area (Å²) in [5, 5.41) is 0. The van der Waals surface area contributed by atoms with E-state index in [2.05, 4.69) is 0 Å². The van der Waals surface area contributed by atoms with Crippen molar-refractivity contribution in [2.24, 2.45) is 0 Å². The van der Waals surface area contributed by atoms with Crippen molar-refractivity contribution in [1.82, 2.24) is 0 Å². The second-order valence-electron chi connectivity index (χ2n) is 2.75. The average molecular weight is 213 g/mol. The van der Waals surface area contributed by atoms with Gasteiger partial charge in [-0.05, 0) is 12.8 Å². The third-order valence-corrected chi connectivity index (χ3v) is 2.75. The van der Waals surface area contributed by atoms with E-state index in [1.54, 1.807) is 0 Å². The summed E-state index contributed by atoms with van der Waals surface area (Å²) in [5.41, 5.74) is 0. The topological polar surface area (TPSA) is 35.5 Å². The molecule has 0 aromatic heterocycles. The van der Waals surface area contributed by atoms with Gasteiger partial charge < -0.3 is 0 Å². The second kappa shape index (κ2) is 5.91. The highest BCUT2D eigenvalue weighted by molar-refractivity contribution is 7.75. The molecule has 0 aromatic rings. The molecule has 12 heavy (non-hydrogen) atoms. The zero-order valence-electron chi connectivity index (χ0n) is 6.83. The average Bonchev–Trinajstić information content (AvgIpc) is 2.45. The highest BCUT2D eigenvalue weighted by Crippen LogP contribution is 2.15. The van der Waals surface area contributed by atoms with E-state index in [0.717, 1.165) is 25.7 Å². The highest BCUT2D eigenvalue weighted by Gasteiger charge is 2.22. The van der Waals surface area contributed by atoms with Gasteiger partial charge in [-0.3, -0.25) is 8.37 Å². The fourth-order valence-corrected chi connectivity index (χ4v) is 1.95. The van der Waals surface area contributed by atoms with Gasteiger partial charge >= 0.3 is 11.4 Å². The number of hydrogen-bond acceptors (Lipinski definition) is 3. The molecule has 0 aromatic carbocycles. The Labute approximate surface area is 80.2 Å². The van der Waals surface area contributed by atoms with Crippen LogP contribution in [0.3, 0.4) is 0 Å². The van der Waals surface area contributed by atoms with Crippen molar-refractivity contribution in [3.63, 3.8) is 0 Å². The Balaban J connectivity index is 1.97. The fourth-order valence-electron chi connectivity index (χ4n) is 1.07. The van der Waals surface area contributed by atoms with Crippen molar-refractivity contribution in [2.75, 3.05) is 12.5 Å². The Kier molecular flexibility index (Phi) is 5.14. The van der Waals surface area contributed by atoms with Gasteiger partial charge in [0.2, 0.25) is 0 Å². The molecule has 1 heterocycles. The van der Waals surface area contributed by atoms with Crippen molar-refractivity contribution >= 4 is 23.0 Å². The maximum absolute atomic E-state index is 10.6. The lowest BCUT2D eigenvalue weighted by Crippen LogP contribution is -2.08. The standard InChI is InChI=1S/C7H13ClO3S/c8-5-3-1-2-4-7-6-10-12(9)11-7/h7H,1-6H2. The van der Waals surface area contributed by atoms with E-state index in [1.807, 2.05) is 0 Å². The van der Waals surface area contributed by atoms with Crippen LogP contribution in [0.25, 0.3) is 0 Å². The molecule has 72 valence electrons. The minimum Gasteiger partial charge on any atom is -0.266 e. The zero-order valence-corrected chi connectivity index (χ0v) is 8.40. The number of alkyl halides is 1. The maximum Gasteiger partial charge on any atom is 0.305 e. The summed E-state index contributed by atoms with van der Waals surface area (Å²) < 4.78 is 20.3. The van der Waals surface area contributed by atoms with Crippen LogP contribution in [0.5, 0.6) is 0 Å². The normalized spacial score (nSPS) is 29.4. The molecule has 3 nitrogen and oxygen atoms in total. The number of halogens is 1. The SMILES string of the molecule is O=S1OCC(CCCCCCl)O1. The predicted molar refractivity (Wildman–Crippen MR) is 48.2 cm³/mol. The van der Waals surface area contributed by atoms with Crippen LogP contribution in [0.4, 0.5) is 0 Å². The summed E-state index contributed by atoms with van der Waals surface area (Å²) in [6, 6.07) is 0. The van der Waals surface area contributed by atoms with Gasteiger partial charge in [0.15, 0.2) is 0 Å². The van der Waals surface area contributed by atoms with Crippen molar-refractivity contribution in [1.29, 1.82) is 0 Å². The van der Waals surface area contributed by atoms with Crippen LogP contribution in [0, 0.1) is 0 Å². The lowest BCUT2D eigenvalue weighted by atomic mass is 10.1. The van der Waals surface area contributed by atoms with E-state index in [0.29, 0.717) is 12.5 Å². The largest absolute Gasteiger partial charge is 0.305 e. The molecule has 0 amide bonds. The molecule has 0 saturated carbocycles. The third kappa shape index (κ3) is 3.85. The van der Waals surface area contributed by atoms with Crippen molar-refractivity contribution < 1.29 is 12.6 Å². The number of rotatable bonds is 5. The Morgan fingerprint density at radius 2 is 2.25 bits per heavy atom. The van der Waals surface area contributed by atoms with Crippen molar-refractivity contribution in [2.45, 2.75) is 31.8 Å². The van der Waals surface area contributed by atoms with E-state index in [1.165, 1.54) is 0 Å². The molecule has 2 atom stereocenters. The van der Waals surface area contributed by atoms with Crippen LogP contribution >= 0.6 is 11.6 Å². The van der Waals surface area contributed by atoms with Gasteiger partial charge in [0.1, 0.15) is 6.10 Å². The molecular formula is C7H13ClO3S. The monoisotopic (exact) mass is 212 g/mol. The molecule has 2 unspecified atom stereocenters. The minimum absolute atomic E-state index is 0.0289. The summed E-state index contributed by atoms with van der Waals surface area (Å²) in [6.45, 7) is 0.466. The summed E-state index contributed by atoms with van der Waals surface area (Å²) >= 11 is 4.03. The maximum atomic E-state index is 10.6. The van der Waals surface area contributed by atoms with E-state index in [9.17, 15) is 4.21 Å². The molecule has 0 bridgehead atoms. The molecule has 5 heteroatoms. The third-order valence-electron chi connectivity index (χ3n) is 1.72. The van der Waals surface area contributed by atoms with E-state index >= 15 is 0 Å². The van der Waals surface area contributed by atoms with Crippen molar-refractivity contribution in [3.05, 3.63) is 0 Å². The predicted octanol–water partition coefficient (Wildman–Crippen LogP) is 1.78. The molecule has 1 fully saturated rings. The van der Waals surface area contributed by atoms with Gasteiger partial charge in [0, 0.05) is 5.88 Å². The highest BCUT2D eigenvalue weighted by atomic mass is 35.5. The van der Waals surface area contributed by atoms with Gasteiger partial charge in [-0.15, -0.1) is 11.6 Å². The Morgan fingerprint density at radius 1 is 1.42 bits per heavy atom. The first-order valence-electron chi connectivity index (χ1n) is 4.11. The van der Waals surface area contributed by atoms with Crippen molar-refractivity contribution in [3.8, 4) is 0 Å². The van der Waals surface area contributed by atoms with E-state index in [-0.39, 0.29) is 6.10 Å². The molecule has 1 saturated heterocycles. The summed E-state index contributed by atoms with van der Waals surface area (Å²) in [7, 11) is 0. The first-order chi connectivity index (χ1) is 5.83. The molecule has 1 aliphatic rings. The minimum atomic E-state index is -1.49. The zero-order chi connectivity index (χ0) is 8.81. The molecule has 0 spiro atoms. The van der Waals surface area contributed by atoms with E-state index < -0.39 is 11.4 Å². The van der Waals surface area contributed by atoms with Gasteiger partial charge in [-0.25, -0.2) is 0 Å². The van der Waals surface area contributed by atoms with Crippen LogP contribution in [0.2, 0.25) is 0 Å². The summed E-state index contributed by atoms with van der Waals surface area (Å²) in [4.78, 5) is 0. The van der Waals surface area contributed by atoms with E-state index in [4.69, 9.17) is 20.0 Å². The Morgan fingerprint density at radius 3 is 2.83 bits per heavy atom.